The van der Waals surface area contributed by atoms with Crippen molar-refractivity contribution in [3.63, 3.8) is 0 Å². The van der Waals surface area contributed by atoms with Gasteiger partial charge in [-0.1, -0.05) is 12.1 Å². The third-order valence-electron chi connectivity index (χ3n) is 2.03. The van der Waals surface area contributed by atoms with Gasteiger partial charge in [0.1, 0.15) is 11.9 Å². The van der Waals surface area contributed by atoms with Crippen LogP contribution in [0.1, 0.15) is 12.5 Å². The second kappa shape index (κ2) is 9.73. The Balaban J connectivity index is 0. The fraction of sp³-hybridized carbons (Fsp3) is 0.455. The molecule has 1 aromatic rings. The predicted molar refractivity (Wildman–Crippen MR) is 72.8 cm³/mol. The molecule has 0 aromatic heterocycles. The molecule has 0 heterocycles. The van der Waals surface area contributed by atoms with Crippen LogP contribution in [0.3, 0.4) is 0 Å². The lowest BCUT2D eigenvalue weighted by atomic mass is 10.1. The molecular formula is C11H20Cl2N2O. The Morgan fingerprint density at radius 3 is 2.12 bits per heavy atom. The van der Waals surface area contributed by atoms with E-state index in [-0.39, 0.29) is 30.9 Å². The lowest BCUT2D eigenvalue weighted by Crippen LogP contribution is -2.22. The molecule has 0 fully saturated rings. The minimum absolute atomic E-state index is 0. The van der Waals surface area contributed by atoms with Crippen LogP contribution in [0.4, 0.5) is 0 Å². The van der Waals surface area contributed by atoms with E-state index in [1.807, 2.05) is 31.2 Å². The lowest BCUT2D eigenvalue weighted by molar-refractivity contribution is 0.230. The van der Waals surface area contributed by atoms with Crippen molar-refractivity contribution in [2.45, 2.75) is 19.4 Å². The van der Waals surface area contributed by atoms with E-state index in [4.69, 9.17) is 16.2 Å². The molecule has 0 radical (unpaired) electrons. The van der Waals surface area contributed by atoms with E-state index in [0.717, 1.165) is 12.2 Å². The van der Waals surface area contributed by atoms with Gasteiger partial charge in [-0.3, -0.25) is 0 Å². The number of benzene rings is 1. The van der Waals surface area contributed by atoms with Crippen molar-refractivity contribution in [3.05, 3.63) is 29.8 Å². The van der Waals surface area contributed by atoms with Crippen LogP contribution in [0.2, 0.25) is 0 Å². The van der Waals surface area contributed by atoms with Crippen molar-refractivity contribution >= 4 is 24.8 Å². The SMILES string of the molecule is CC(CN)Oc1ccc(CCN)cc1.Cl.Cl. The van der Waals surface area contributed by atoms with Gasteiger partial charge in [-0.25, -0.2) is 0 Å². The monoisotopic (exact) mass is 266 g/mol. The third kappa shape index (κ3) is 6.18. The number of halogens is 2. The molecule has 0 saturated carbocycles. The molecular weight excluding hydrogens is 247 g/mol. The lowest BCUT2D eigenvalue weighted by Gasteiger charge is -2.12. The molecule has 1 unspecified atom stereocenters. The molecule has 0 spiro atoms. The fourth-order valence-electron chi connectivity index (χ4n) is 1.18. The van der Waals surface area contributed by atoms with Gasteiger partial charge < -0.3 is 16.2 Å². The molecule has 94 valence electrons. The van der Waals surface area contributed by atoms with E-state index in [0.29, 0.717) is 13.1 Å². The van der Waals surface area contributed by atoms with Gasteiger partial charge in [-0.15, -0.1) is 24.8 Å². The number of hydrogen-bond donors (Lipinski definition) is 2. The molecule has 1 atom stereocenters. The maximum atomic E-state index is 5.54. The molecule has 0 saturated heterocycles. The van der Waals surface area contributed by atoms with Gasteiger partial charge in [0, 0.05) is 6.54 Å². The molecule has 16 heavy (non-hydrogen) atoms. The van der Waals surface area contributed by atoms with Crippen LogP contribution in [0.25, 0.3) is 0 Å². The first-order chi connectivity index (χ1) is 6.76. The van der Waals surface area contributed by atoms with E-state index in [2.05, 4.69) is 0 Å². The maximum Gasteiger partial charge on any atom is 0.119 e. The summed E-state index contributed by atoms with van der Waals surface area (Å²) < 4.78 is 5.54. The summed E-state index contributed by atoms with van der Waals surface area (Å²) in [5.41, 5.74) is 12.1. The zero-order chi connectivity index (χ0) is 10.4. The maximum absolute atomic E-state index is 5.54. The Morgan fingerprint density at radius 2 is 1.69 bits per heavy atom. The Bertz CT molecular complexity index is 267. The minimum atomic E-state index is 0. The Labute approximate surface area is 109 Å². The van der Waals surface area contributed by atoms with Gasteiger partial charge in [-0.2, -0.15) is 0 Å². The summed E-state index contributed by atoms with van der Waals surface area (Å²) in [5.74, 6) is 0.865. The topological polar surface area (TPSA) is 61.3 Å². The summed E-state index contributed by atoms with van der Waals surface area (Å²) in [6, 6.07) is 7.98. The second-order valence-electron chi connectivity index (χ2n) is 3.35. The van der Waals surface area contributed by atoms with Crippen molar-refractivity contribution in [3.8, 4) is 5.75 Å². The quantitative estimate of drug-likeness (QED) is 0.854. The third-order valence-corrected chi connectivity index (χ3v) is 2.03. The van der Waals surface area contributed by atoms with E-state index in [1.165, 1.54) is 5.56 Å². The highest BCUT2D eigenvalue weighted by Gasteiger charge is 2.00. The Kier molecular flexibility index (Phi) is 10.9. The van der Waals surface area contributed by atoms with E-state index in [9.17, 15) is 0 Å². The molecule has 5 heteroatoms. The van der Waals surface area contributed by atoms with Crippen molar-refractivity contribution < 1.29 is 4.74 Å². The Hall–Kier alpha value is -0.480. The molecule has 4 N–H and O–H groups in total. The van der Waals surface area contributed by atoms with Gasteiger partial charge in [-0.05, 0) is 37.6 Å². The van der Waals surface area contributed by atoms with Crippen LogP contribution in [-0.4, -0.2) is 19.2 Å². The molecule has 3 nitrogen and oxygen atoms in total. The van der Waals surface area contributed by atoms with Crippen molar-refractivity contribution in [1.29, 1.82) is 0 Å². The van der Waals surface area contributed by atoms with Gasteiger partial charge in [0.15, 0.2) is 0 Å². The summed E-state index contributed by atoms with van der Waals surface area (Å²) in [7, 11) is 0. The fourth-order valence-corrected chi connectivity index (χ4v) is 1.18. The van der Waals surface area contributed by atoms with E-state index >= 15 is 0 Å². The summed E-state index contributed by atoms with van der Waals surface area (Å²) in [6.45, 7) is 3.16. The average Bonchev–Trinajstić information content (AvgIpc) is 2.21. The number of nitrogens with two attached hydrogens (primary N) is 2. The van der Waals surface area contributed by atoms with Gasteiger partial charge in [0.2, 0.25) is 0 Å². The highest BCUT2D eigenvalue weighted by Crippen LogP contribution is 2.13. The molecule has 1 rings (SSSR count). The van der Waals surface area contributed by atoms with Crippen molar-refractivity contribution in [2.75, 3.05) is 13.1 Å². The van der Waals surface area contributed by atoms with Crippen LogP contribution >= 0.6 is 24.8 Å². The van der Waals surface area contributed by atoms with Crippen LogP contribution in [0, 0.1) is 0 Å². The minimum Gasteiger partial charge on any atom is -0.489 e. The molecule has 0 aliphatic rings. The largest absolute Gasteiger partial charge is 0.489 e. The molecule has 0 amide bonds. The summed E-state index contributed by atoms with van der Waals surface area (Å²) in [6.07, 6.45) is 0.975. The normalized spacial score (nSPS) is 10.9. The van der Waals surface area contributed by atoms with E-state index in [1.54, 1.807) is 0 Å². The molecule has 0 aliphatic heterocycles. The number of hydrogen-bond acceptors (Lipinski definition) is 3. The van der Waals surface area contributed by atoms with Crippen LogP contribution in [0.5, 0.6) is 5.75 Å². The van der Waals surface area contributed by atoms with E-state index < -0.39 is 0 Å². The van der Waals surface area contributed by atoms with Crippen LogP contribution in [-0.2, 0) is 6.42 Å². The first-order valence-electron chi connectivity index (χ1n) is 4.92. The molecule has 1 aromatic carbocycles. The standard InChI is InChI=1S/C11H18N2O.2ClH/c1-9(8-13)14-11-4-2-10(3-5-11)6-7-12;;/h2-5,9H,6-8,12-13H2,1H3;2*1H. The number of rotatable bonds is 5. The van der Waals surface area contributed by atoms with Gasteiger partial charge >= 0.3 is 0 Å². The van der Waals surface area contributed by atoms with Crippen molar-refractivity contribution in [1.82, 2.24) is 0 Å². The number of ether oxygens (including phenoxy) is 1. The average molecular weight is 267 g/mol. The summed E-state index contributed by atoms with van der Waals surface area (Å²) in [5, 5.41) is 0. The van der Waals surface area contributed by atoms with Crippen LogP contribution in [0.15, 0.2) is 24.3 Å². The smallest absolute Gasteiger partial charge is 0.119 e. The highest BCUT2D eigenvalue weighted by atomic mass is 35.5. The van der Waals surface area contributed by atoms with Crippen LogP contribution < -0.4 is 16.2 Å². The summed E-state index contributed by atoms with van der Waals surface area (Å²) in [4.78, 5) is 0. The Morgan fingerprint density at radius 1 is 1.12 bits per heavy atom. The zero-order valence-corrected chi connectivity index (χ0v) is 11.0. The summed E-state index contributed by atoms with van der Waals surface area (Å²) >= 11 is 0. The zero-order valence-electron chi connectivity index (χ0n) is 9.39. The van der Waals surface area contributed by atoms with Gasteiger partial charge in [0.05, 0.1) is 0 Å². The first-order valence-corrected chi connectivity index (χ1v) is 4.92. The molecule has 0 aliphatic carbocycles. The van der Waals surface area contributed by atoms with Crippen molar-refractivity contribution in [2.24, 2.45) is 11.5 Å². The predicted octanol–water partition coefficient (Wildman–Crippen LogP) is 1.76. The molecule has 0 bridgehead atoms. The second-order valence-corrected chi connectivity index (χ2v) is 3.35. The highest BCUT2D eigenvalue weighted by molar-refractivity contribution is 5.85. The first kappa shape index (κ1) is 17.9. The van der Waals surface area contributed by atoms with Gasteiger partial charge in [0.25, 0.3) is 0 Å².